The Kier molecular flexibility index (Phi) is 5.18. The van der Waals surface area contributed by atoms with Crippen molar-refractivity contribution in [2.75, 3.05) is 6.54 Å². The summed E-state index contributed by atoms with van der Waals surface area (Å²) < 4.78 is 56.9. The van der Waals surface area contributed by atoms with Gasteiger partial charge in [-0.2, -0.15) is 18.2 Å². The number of carbonyl (C=O) groups is 1. The van der Waals surface area contributed by atoms with Crippen LogP contribution in [-0.2, 0) is 17.5 Å². The second kappa shape index (κ2) is 7.26. The molecule has 1 fully saturated rings. The summed E-state index contributed by atoms with van der Waals surface area (Å²) in [5, 5.41) is 12.9. The molecule has 1 aliphatic heterocycles. The van der Waals surface area contributed by atoms with Crippen LogP contribution in [0, 0.1) is 11.7 Å². The third-order valence-electron chi connectivity index (χ3n) is 4.69. The van der Waals surface area contributed by atoms with Crippen molar-refractivity contribution in [3.05, 3.63) is 35.4 Å². The van der Waals surface area contributed by atoms with Gasteiger partial charge in [0.25, 0.3) is 5.89 Å². The third-order valence-corrected chi connectivity index (χ3v) is 4.69. The molecular formula is C17H17F4N3O3. The van der Waals surface area contributed by atoms with Gasteiger partial charge in [-0.15, -0.1) is 0 Å². The van der Waals surface area contributed by atoms with Crippen LogP contribution < -0.4 is 0 Å². The van der Waals surface area contributed by atoms with Crippen molar-refractivity contribution < 1.29 is 32.0 Å². The highest BCUT2D eigenvalue weighted by Gasteiger charge is 2.35. The number of hydrogen-bond donors (Lipinski definition) is 1. The number of hydrogen-bond acceptors (Lipinski definition) is 5. The zero-order valence-electron chi connectivity index (χ0n) is 14.3. The molecule has 0 radical (unpaired) electrons. The van der Waals surface area contributed by atoms with E-state index in [-0.39, 0.29) is 29.9 Å². The predicted octanol–water partition coefficient (Wildman–Crippen LogP) is 3.58. The van der Waals surface area contributed by atoms with Gasteiger partial charge in [0.2, 0.25) is 0 Å². The van der Waals surface area contributed by atoms with Crippen molar-refractivity contribution in [1.29, 1.82) is 0 Å². The highest BCUT2D eigenvalue weighted by Crippen LogP contribution is 2.34. The lowest BCUT2D eigenvalue weighted by Gasteiger charge is -2.35. The van der Waals surface area contributed by atoms with Crippen LogP contribution in [0.4, 0.5) is 17.6 Å². The first-order chi connectivity index (χ1) is 12.6. The molecule has 0 saturated carbocycles. The molecular weight excluding hydrogens is 370 g/mol. The van der Waals surface area contributed by atoms with E-state index >= 15 is 0 Å². The summed E-state index contributed by atoms with van der Waals surface area (Å²) in [4.78, 5) is 17.2. The summed E-state index contributed by atoms with van der Waals surface area (Å²) >= 11 is 0. The Balaban J connectivity index is 1.73. The second-order valence-electron chi connectivity index (χ2n) is 6.59. The van der Waals surface area contributed by atoms with Crippen molar-refractivity contribution in [3.63, 3.8) is 0 Å². The van der Waals surface area contributed by atoms with E-state index in [1.54, 1.807) is 0 Å². The first-order valence-electron chi connectivity index (χ1n) is 8.31. The predicted molar refractivity (Wildman–Crippen MR) is 84.9 cm³/mol. The molecule has 6 nitrogen and oxygen atoms in total. The minimum absolute atomic E-state index is 0.00977. The number of aliphatic carboxylic acids is 1. The number of likely N-dealkylation sites (tertiary alicyclic amines) is 1. The van der Waals surface area contributed by atoms with Crippen LogP contribution in [0.3, 0.4) is 0 Å². The molecule has 1 aromatic carbocycles. The largest absolute Gasteiger partial charge is 0.481 e. The van der Waals surface area contributed by atoms with Gasteiger partial charge >= 0.3 is 12.1 Å². The standard InChI is InChI=1S/C17H17F4N3O3/c1-9-6-11(16(25)26)4-5-24(9)8-14-22-15(27-23-14)10-2-3-13(18)12(7-10)17(19,20)21/h2-3,7,9,11H,4-6,8H2,1H3,(H,25,26). The van der Waals surface area contributed by atoms with Gasteiger partial charge in [-0.1, -0.05) is 5.16 Å². The molecule has 0 spiro atoms. The normalized spacial score (nSPS) is 21.4. The maximum absolute atomic E-state index is 13.4. The summed E-state index contributed by atoms with van der Waals surface area (Å²) in [7, 11) is 0. The van der Waals surface area contributed by atoms with Crippen molar-refractivity contribution in [2.45, 2.75) is 38.5 Å². The number of halogens is 4. The van der Waals surface area contributed by atoms with Gasteiger partial charge in [-0.3, -0.25) is 9.69 Å². The van der Waals surface area contributed by atoms with Crippen molar-refractivity contribution in [2.24, 2.45) is 5.92 Å². The highest BCUT2D eigenvalue weighted by atomic mass is 19.4. The average Bonchev–Trinajstić information content (AvgIpc) is 3.04. The third kappa shape index (κ3) is 4.26. The molecule has 1 saturated heterocycles. The van der Waals surface area contributed by atoms with Crippen LogP contribution in [0.2, 0.25) is 0 Å². The minimum Gasteiger partial charge on any atom is -0.481 e. The Morgan fingerprint density at radius 2 is 2.15 bits per heavy atom. The lowest BCUT2D eigenvalue weighted by atomic mass is 9.92. The summed E-state index contributed by atoms with van der Waals surface area (Å²) in [5.74, 6) is -2.45. The van der Waals surface area contributed by atoms with Gasteiger partial charge < -0.3 is 9.63 Å². The van der Waals surface area contributed by atoms with E-state index in [2.05, 4.69) is 10.1 Å². The molecule has 1 aromatic heterocycles. The first kappa shape index (κ1) is 19.3. The van der Waals surface area contributed by atoms with Crippen molar-refractivity contribution >= 4 is 5.97 Å². The van der Waals surface area contributed by atoms with Crippen LogP contribution >= 0.6 is 0 Å². The molecule has 0 bridgehead atoms. The molecule has 2 aromatic rings. The number of carboxylic acids is 1. The van der Waals surface area contributed by atoms with Crippen LogP contribution in [0.25, 0.3) is 11.5 Å². The second-order valence-corrected chi connectivity index (χ2v) is 6.59. The molecule has 1 aliphatic rings. The Hall–Kier alpha value is -2.49. The Bertz CT molecular complexity index is 837. The molecule has 3 rings (SSSR count). The summed E-state index contributed by atoms with van der Waals surface area (Å²) in [5.41, 5.74) is -1.43. The number of nitrogens with zero attached hydrogens (tertiary/aromatic N) is 3. The number of rotatable bonds is 4. The van der Waals surface area contributed by atoms with Gasteiger partial charge in [0.1, 0.15) is 5.82 Å². The van der Waals surface area contributed by atoms with E-state index in [0.717, 1.165) is 6.07 Å². The number of piperidine rings is 1. The fourth-order valence-corrected chi connectivity index (χ4v) is 3.17. The maximum atomic E-state index is 13.4. The quantitative estimate of drug-likeness (QED) is 0.808. The smallest absolute Gasteiger partial charge is 0.419 e. The number of aromatic nitrogens is 2. The van der Waals surface area contributed by atoms with Gasteiger partial charge in [0.05, 0.1) is 18.0 Å². The maximum Gasteiger partial charge on any atom is 0.419 e. The van der Waals surface area contributed by atoms with E-state index in [1.165, 1.54) is 0 Å². The molecule has 2 atom stereocenters. The van der Waals surface area contributed by atoms with Crippen molar-refractivity contribution in [1.82, 2.24) is 15.0 Å². The number of carboxylic acid groups (broad SMARTS) is 1. The lowest BCUT2D eigenvalue weighted by molar-refractivity contribution is -0.144. The van der Waals surface area contributed by atoms with E-state index in [4.69, 9.17) is 9.63 Å². The first-order valence-corrected chi connectivity index (χ1v) is 8.31. The molecule has 1 N–H and O–H groups in total. The SMILES string of the molecule is CC1CC(C(=O)O)CCN1Cc1noc(-c2ccc(F)c(C(F)(F)F)c2)n1. The number of benzene rings is 1. The molecule has 27 heavy (non-hydrogen) atoms. The minimum atomic E-state index is -4.83. The van der Waals surface area contributed by atoms with Gasteiger partial charge in [-0.05, 0) is 44.5 Å². The topological polar surface area (TPSA) is 79.5 Å². The van der Waals surface area contributed by atoms with Crippen LogP contribution in [0.15, 0.2) is 22.7 Å². The Morgan fingerprint density at radius 1 is 1.41 bits per heavy atom. The zero-order valence-corrected chi connectivity index (χ0v) is 14.3. The van der Waals surface area contributed by atoms with Crippen LogP contribution in [0.5, 0.6) is 0 Å². The molecule has 146 valence electrons. The zero-order chi connectivity index (χ0) is 19.8. The Labute approximate surface area is 151 Å². The summed E-state index contributed by atoms with van der Waals surface area (Å²) in [6.07, 6.45) is -3.84. The molecule has 10 heteroatoms. The lowest BCUT2D eigenvalue weighted by Crippen LogP contribution is -2.42. The van der Waals surface area contributed by atoms with E-state index in [9.17, 15) is 22.4 Å². The Morgan fingerprint density at radius 3 is 2.78 bits per heavy atom. The van der Waals surface area contributed by atoms with Gasteiger partial charge in [-0.25, -0.2) is 4.39 Å². The summed E-state index contributed by atoms with van der Waals surface area (Å²) in [6.45, 7) is 2.72. The van der Waals surface area contributed by atoms with Crippen molar-refractivity contribution in [3.8, 4) is 11.5 Å². The summed E-state index contributed by atoms with van der Waals surface area (Å²) in [6, 6.07) is 2.47. The fourth-order valence-electron chi connectivity index (χ4n) is 3.17. The average molecular weight is 387 g/mol. The van der Waals surface area contributed by atoms with E-state index in [0.29, 0.717) is 31.5 Å². The van der Waals surface area contributed by atoms with Crippen LogP contribution in [-0.4, -0.2) is 38.7 Å². The monoisotopic (exact) mass is 387 g/mol. The molecule has 2 heterocycles. The van der Waals surface area contributed by atoms with E-state index in [1.807, 2.05) is 11.8 Å². The van der Waals surface area contributed by atoms with Gasteiger partial charge in [0.15, 0.2) is 5.82 Å². The van der Waals surface area contributed by atoms with Crippen LogP contribution in [0.1, 0.15) is 31.2 Å². The fraction of sp³-hybridized carbons (Fsp3) is 0.471. The molecule has 2 unspecified atom stereocenters. The van der Waals surface area contributed by atoms with E-state index < -0.39 is 29.4 Å². The molecule has 0 aliphatic carbocycles. The molecule has 0 amide bonds. The number of alkyl halides is 3. The highest BCUT2D eigenvalue weighted by molar-refractivity contribution is 5.70. The van der Waals surface area contributed by atoms with Gasteiger partial charge in [0, 0.05) is 11.6 Å².